The van der Waals surface area contributed by atoms with E-state index >= 15 is 0 Å². The molecule has 1 rings (SSSR count). The summed E-state index contributed by atoms with van der Waals surface area (Å²) in [5, 5.41) is 11.5. The van der Waals surface area contributed by atoms with E-state index < -0.39 is 17.9 Å². The van der Waals surface area contributed by atoms with Crippen LogP contribution in [0.1, 0.15) is 36.5 Å². The van der Waals surface area contributed by atoms with Gasteiger partial charge in [0.2, 0.25) is 5.56 Å². The third-order valence-electron chi connectivity index (χ3n) is 2.80. The highest BCUT2D eigenvalue weighted by atomic mass is 16.4. The lowest BCUT2D eigenvalue weighted by atomic mass is 10.1. The minimum Gasteiger partial charge on any atom is -0.480 e. The molecule has 1 aromatic rings. The number of aliphatic carboxylic acids is 1. The molecule has 2 N–H and O–H groups in total. The van der Waals surface area contributed by atoms with Gasteiger partial charge < -0.3 is 15.0 Å². The van der Waals surface area contributed by atoms with Crippen molar-refractivity contribution in [3.05, 3.63) is 34.2 Å². The molecule has 0 saturated heterocycles. The number of amides is 1. The van der Waals surface area contributed by atoms with Crippen molar-refractivity contribution in [1.82, 2.24) is 9.88 Å². The summed E-state index contributed by atoms with van der Waals surface area (Å²) in [7, 11) is 1.53. The van der Waals surface area contributed by atoms with E-state index in [1.807, 2.05) is 6.92 Å². The largest absolute Gasteiger partial charge is 0.480 e. The molecule has 19 heavy (non-hydrogen) atoms. The van der Waals surface area contributed by atoms with Crippen molar-refractivity contribution in [3.8, 4) is 0 Å². The van der Waals surface area contributed by atoms with Crippen molar-refractivity contribution in [2.45, 2.75) is 32.2 Å². The Morgan fingerprint density at radius 1 is 1.42 bits per heavy atom. The van der Waals surface area contributed by atoms with Gasteiger partial charge in [0.05, 0.1) is 5.56 Å². The Balaban J connectivity index is 2.78. The van der Waals surface area contributed by atoms with E-state index in [1.165, 1.54) is 29.9 Å². The number of carbonyl (C=O) groups excluding carboxylic acids is 1. The maximum absolute atomic E-state index is 11.9. The van der Waals surface area contributed by atoms with Gasteiger partial charge in [0.15, 0.2) is 0 Å². The molecule has 0 spiro atoms. The molecule has 1 atom stereocenters. The number of nitrogens with zero attached hydrogens (tertiary/aromatic N) is 1. The van der Waals surface area contributed by atoms with Crippen molar-refractivity contribution in [1.29, 1.82) is 0 Å². The molecule has 0 aliphatic rings. The molecule has 0 fully saturated rings. The van der Waals surface area contributed by atoms with Crippen LogP contribution in [0.2, 0.25) is 0 Å². The Hall–Kier alpha value is -2.11. The maximum Gasteiger partial charge on any atom is 0.326 e. The van der Waals surface area contributed by atoms with E-state index in [0.29, 0.717) is 6.42 Å². The number of pyridine rings is 1. The summed E-state index contributed by atoms with van der Waals surface area (Å²) in [4.78, 5) is 34.1. The number of unbranched alkanes of at least 4 members (excludes halogenated alkanes) is 1. The van der Waals surface area contributed by atoms with Crippen LogP contribution in [0.5, 0.6) is 0 Å². The molecule has 0 bridgehead atoms. The van der Waals surface area contributed by atoms with Crippen molar-refractivity contribution in [2.75, 3.05) is 0 Å². The zero-order chi connectivity index (χ0) is 14.4. The zero-order valence-corrected chi connectivity index (χ0v) is 11.0. The summed E-state index contributed by atoms with van der Waals surface area (Å²) in [5.41, 5.74) is 0.0437. The number of carboxylic acid groups (broad SMARTS) is 1. The van der Waals surface area contributed by atoms with Gasteiger partial charge in [-0.1, -0.05) is 19.8 Å². The van der Waals surface area contributed by atoms with E-state index in [2.05, 4.69) is 5.32 Å². The highest BCUT2D eigenvalue weighted by molar-refractivity contribution is 5.96. The second-order valence-corrected chi connectivity index (χ2v) is 4.37. The van der Waals surface area contributed by atoms with Gasteiger partial charge in [0, 0.05) is 19.3 Å². The van der Waals surface area contributed by atoms with Crippen molar-refractivity contribution in [2.24, 2.45) is 7.05 Å². The maximum atomic E-state index is 11.9. The number of hydrogen-bond acceptors (Lipinski definition) is 3. The number of rotatable bonds is 6. The first-order valence-corrected chi connectivity index (χ1v) is 6.16. The second-order valence-electron chi connectivity index (χ2n) is 4.37. The number of aryl methyl sites for hydroxylation is 1. The fourth-order valence-corrected chi connectivity index (χ4v) is 1.64. The van der Waals surface area contributed by atoms with Crippen LogP contribution in [0.15, 0.2) is 23.1 Å². The highest BCUT2D eigenvalue weighted by Gasteiger charge is 2.20. The molecule has 1 heterocycles. The van der Waals surface area contributed by atoms with Crippen LogP contribution in [0.25, 0.3) is 0 Å². The summed E-state index contributed by atoms with van der Waals surface area (Å²) in [6.45, 7) is 1.95. The lowest BCUT2D eigenvalue weighted by Gasteiger charge is -2.14. The number of hydrogen-bond donors (Lipinski definition) is 2. The normalized spacial score (nSPS) is 11.9. The molecular formula is C13H18N2O4. The lowest BCUT2D eigenvalue weighted by molar-refractivity contribution is -0.139. The highest BCUT2D eigenvalue weighted by Crippen LogP contribution is 2.03. The van der Waals surface area contributed by atoms with Gasteiger partial charge in [0.25, 0.3) is 5.91 Å². The molecule has 0 radical (unpaired) electrons. The summed E-state index contributed by atoms with van der Waals surface area (Å²) in [6, 6.07) is 1.76. The minimum atomic E-state index is -1.05. The molecular weight excluding hydrogens is 248 g/mol. The Morgan fingerprint density at radius 3 is 2.63 bits per heavy atom. The zero-order valence-electron chi connectivity index (χ0n) is 11.0. The molecule has 1 amide bonds. The third kappa shape index (κ3) is 4.24. The topological polar surface area (TPSA) is 88.4 Å². The Labute approximate surface area is 111 Å². The first-order chi connectivity index (χ1) is 8.95. The molecule has 1 unspecified atom stereocenters. The molecule has 104 valence electrons. The van der Waals surface area contributed by atoms with Crippen molar-refractivity contribution < 1.29 is 14.7 Å². The number of nitrogens with one attached hydrogen (secondary N) is 1. The van der Waals surface area contributed by atoms with Crippen LogP contribution in [0, 0.1) is 0 Å². The predicted octanol–water partition coefficient (Wildman–Crippen LogP) is 0.758. The van der Waals surface area contributed by atoms with Crippen molar-refractivity contribution in [3.63, 3.8) is 0 Å². The SMILES string of the molecule is CCCCC(NC(=O)c1ccc(=O)n(C)c1)C(=O)O. The van der Waals surface area contributed by atoms with Crippen LogP contribution >= 0.6 is 0 Å². The van der Waals surface area contributed by atoms with Crippen LogP contribution < -0.4 is 10.9 Å². The number of aromatic nitrogens is 1. The number of carboxylic acids is 1. The molecule has 6 heteroatoms. The smallest absolute Gasteiger partial charge is 0.326 e. The fraction of sp³-hybridized carbons (Fsp3) is 0.462. The summed E-state index contributed by atoms with van der Waals surface area (Å²) >= 11 is 0. The second kappa shape index (κ2) is 6.72. The van der Waals surface area contributed by atoms with E-state index in [-0.39, 0.29) is 11.1 Å². The average Bonchev–Trinajstić information content (AvgIpc) is 2.37. The predicted molar refractivity (Wildman–Crippen MR) is 70.1 cm³/mol. The minimum absolute atomic E-state index is 0.225. The van der Waals surface area contributed by atoms with Crippen LogP contribution in [0.3, 0.4) is 0 Å². The average molecular weight is 266 g/mol. The lowest BCUT2D eigenvalue weighted by Crippen LogP contribution is -2.41. The quantitative estimate of drug-likeness (QED) is 0.795. The Bertz CT molecular complexity index is 522. The first kappa shape index (κ1) is 14.9. The molecule has 0 saturated carbocycles. The Morgan fingerprint density at radius 2 is 2.11 bits per heavy atom. The van der Waals surface area contributed by atoms with Gasteiger partial charge in [-0.25, -0.2) is 4.79 Å². The van der Waals surface area contributed by atoms with Gasteiger partial charge in [-0.05, 0) is 12.5 Å². The first-order valence-electron chi connectivity index (χ1n) is 6.16. The molecule has 0 aromatic carbocycles. The summed E-state index contributed by atoms with van der Waals surface area (Å²) in [6.07, 6.45) is 3.36. The monoisotopic (exact) mass is 266 g/mol. The Kier molecular flexibility index (Phi) is 5.29. The molecule has 6 nitrogen and oxygen atoms in total. The summed E-state index contributed by atoms with van der Waals surface area (Å²) in [5.74, 6) is -1.54. The van der Waals surface area contributed by atoms with E-state index in [1.54, 1.807) is 0 Å². The van der Waals surface area contributed by atoms with E-state index in [4.69, 9.17) is 5.11 Å². The van der Waals surface area contributed by atoms with E-state index in [9.17, 15) is 14.4 Å². The number of carbonyl (C=O) groups is 2. The standard InChI is InChI=1S/C13H18N2O4/c1-3-4-5-10(13(18)19)14-12(17)9-6-7-11(16)15(2)8-9/h6-8,10H,3-5H2,1-2H3,(H,14,17)(H,18,19). The van der Waals surface area contributed by atoms with Crippen LogP contribution in [0.4, 0.5) is 0 Å². The van der Waals surface area contributed by atoms with Crippen molar-refractivity contribution >= 4 is 11.9 Å². The van der Waals surface area contributed by atoms with E-state index in [0.717, 1.165) is 12.8 Å². The molecule has 1 aromatic heterocycles. The third-order valence-corrected chi connectivity index (χ3v) is 2.80. The molecule has 0 aliphatic carbocycles. The fourth-order valence-electron chi connectivity index (χ4n) is 1.64. The van der Waals surface area contributed by atoms with Gasteiger partial charge in [-0.3, -0.25) is 9.59 Å². The summed E-state index contributed by atoms with van der Waals surface area (Å²) < 4.78 is 1.27. The van der Waals surface area contributed by atoms with Gasteiger partial charge in [-0.2, -0.15) is 0 Å². The van der Waals surface area contributed by atoms with Crippen LogP contribution in [-0.2, 0) is 11.8 Å². The molecule has 0 aliphatic heterocycles. The van der Waals surface area contributed by atoms with Crippen LogP contribution in [-0.4, -0.2) is 27.6 Å². The van der Waals surface area contributed by atoms with Gasteiger partial charge >= 0.3 is 5.97 Å². The van der Waals surface area contributed by atoms with Gasteiger partial charge in [-0.15, -0.1) is 0 Å². The van der Waals surface area contributed by atoms with Gasteiger partial charge in [0.1, 0.15) is 6.04 Å².